The molecule has 0 saturated carbocycles. The third kappa shape index (κ3) is 2.97. The van der Waals surface area contributed by atoms with Crippen molar-refractivity contribution in [2.75, 3.05) is 5.32 Å². The van der Waals surface area contributed by atoms with Crippen LogP contribution in [-0.4, -0.2) is 31.8 Å². The normalized spacial score (nSPS) is 18.8. The van der Waals surface area contributed by atoms with Crippen molar-refractivity contribution in [3.05, 3.63) is 65.2 Å². The molecule has 0 bridgehead atoms. The molecule has 1 amide bonds. The summed E-state index contributed by atoms with van der Waals surface area (Å²) in [5.41, 5.74) is 2.26. The summed E-state index contributed by atoms with van der Waals surface area (Å²) in [6.45, 7) is 1.82. The molecule has 1 aromatic heterocycles. The van der Waals surface area contributed by atoms with Crippen molar-refractivity contribution in [2.45, 2.75) is 13.0 Å². The highest BCUT2D eigenvalue weighted by molar-refractivity contribution is 6.30. The number of tetrazole rings is 1. The monoisotopic (exact) mass is 366 g/mol. The molecule has 0 fully saturated rings. The molecule has 0 saturated heterocycles. The van der Waals surface area contributed by atoms with Gasteiger partial charge in [0, 0.05) is 16.4 Å². The quantitative estimate of drug-likeness (QED) is 0.770. The van der Waals surface area contributed by atoms with E-state index < -0.39 is 12.0 Å². The van der Waals surface area contributed by atoms with Gasteiger partial charge in [0.05, 0.1) is 6.04 Å². The summed E-state index contributed by atoms with van der Waals surface area (Å²) >= 11 is 6.01. The molecule has 1 aliphatic rings. The van der Waals surface area contributed by atoms with Crippen LogP contribution in [0.15, 0.2) is 59.6 Å². The molecule has 2 aromatic carbocycles. The van der Waals surface area contributed by atoms with Gasteiger partial charge in [-0.1, -0.05) is 47.0 Å². The first-order valence-corrected chi connectivity index (χ1v) is 8.46. The number of aliphatic imine (C=N–C) groups is 1. The average molecular weight is 367 g/mol. The van der Waals surface area contributed by atoms with Gasteiger partial charge in [0.2, 0.25) is 5.91 Å². The molecule has 26 heavy (non-hydrogen) atoms. The number of amides is 1. The highest BCUT2D eigenvalue weighted by Crippen LogP contribution is 2.35. The van der Waals surface area contributed by atoms with Crippen molar-refractivity contribution < 1.29 is 4.79 Å². The van der Waals surface area contributed by atoms with Crippen molar-refractivity contribution in [2.24, 2.45) is 10.9 Å². The standard InChI is InChI=1S/C18H15ClN6O/c1-11-15(17(26)21-14-5-3-2-4-6-14)16(12-7-9-13(19)10-8-12)25-18(20-11)22-23-24-25/h2-10,15-16H,1H3,(H,21,26). The summed E-state index contributed by atoms with van der Waals surface area (Å²) in [7, 11) is 0. The van der Waals surface area contributed by atoms with Crippen LogP contribution in [0.2, 0.25) is 5.02 Å². The number of benzene rings is 2. The number of nitrogens with one attached hydrogen (secondary N) is 1. The highest BCUT2D eigenvalue weighted by Gasteiger charge is 2.39. The third-order valence-corrected chi connectivity index (χ3v) is 4.57. The van der Waals surface area contributed by atoms with Gasteiger partial charge in [-0.05, 0) is 47.2 Å². The van der Waals surface area contributed by atoms with E-state index in [4.69, 9.17) is 11.6 Å². The molecule has 3 aromatic rings. The van der Waals surface area contributed by atoms with E-state index >= 15 is 0 Å². The van der Waals surface area contributed by atoms with Gasteiger partial charge < -0.3 is 5.32 Å². The lowest BCUT2D eigenvalue weighted by molar-refractivity contribution is -0.118. The summed E-state index contributed by atoms with van der Waals surface area (Å²) in [6, 6.07) is 16.2. The Morgan fingerprint density at radius 2 is 1.85 bits per heavy atom. The molecule has 7 nitrogen and oxygen atoms in total. The van der Waals surface area contributed by atoms with Crippen LogP contribution in [0.4, 0.5) is 11.6 Å². The van der Waals surface area contributed by atoms with Gasteiger partial charge in [-0.3, -0.25) is 4.79 Å². The van der Waals surface area contributed by atoms with E-state index in [-0.39, 0.29) is 5.91 Å². The largest absolute Gasteiger partial charge is 0.325 e. The molecule has 2 unspecified atom stereocenters. The van der Waals surface area contributed by atoms with Gasteiger partial charge in [-0.15, -0.1) is 0 Å². The molecule has 0 aliphatic carbocycles. The molecule has 1 N–H and O–H groups in total. The summed E-state index contributed by atoms with van der Waals surface area (Å²) in [4.78, 5) is 17.5. The van der Waals surface area contributed by atoms with Crippen LogP contribution in [0.1, 0.15) is 18.5 Å². The average Bonchev–Trinajstić information content (AvgIpc) is 3.10. The van der Waals surface area contributed by atoms with Crippen LogP contribution in [0.25, 0.3) is 0 Å². The van der Waals surface area contributed by atoms with Crippen LogP contribution in [0.3, 0.4) is 0 Å². The Morgan fingerprint density at radius 3 is 2.58 bits per heavy atom. The minimum absolute atomic E-state index is 0.168. The van der Waals surface area contributed by atoms with Crippen molar-refractivity contribution in [1.29, 1.82) is 0 Å². The second-order valence-corrected chi connectivity index (χ2v) is 6.44. The fraction of sp³-hybridized carbons (Fsp3) is 0.167. The lowest BCUT2D eigenvalue weighted by atomic mass is 9.87. The minimum Gasteiger partial charge on any atom is -0.325 e. The molecule has 0 spiro atoms. The fourth-order valence-corrected chi connectivity index (χ4v) is 3.23. The second-order valence-electron chi connectivity index (χ2n) is 6.01. The number of rotatable bonds is 3. The maximum absolute atomic E-state index is 13.1. The Balaban J connectivity index is 1.75. The van der Waals surface area contributed by atoms with Crippen molar-refractivity contribution >= 4 is 34.9 Å². The van der Waals surface area contributed by atoms with E-state index in [1.54, 1.807) is 16.8 Å². The minimum atomic E-state index is -0.549. The zero-order valence-corrected chi connectivity index (χ0v) is 14.6. The predicted octanol–water partition coefficient (Wildman–Crippen LogP) is 3.28. The van der Waals surface area contributed by atoms with E-state index in [9.17, 15) is 4.79 Å². The third-order valence-electron chi connectivity index (χ3n) is 4.32. The van der Waals surface area contributed by atoms with Gasteiger partial charge in [-0.2, -0.15) is 0 Å². The SMILES string of the molecule is CC1=Nc2nnnn2C(c2ccc(Cl)cc2)C1C(=O)Nc1ccccc1. The molecule has 2 atom stereocenters. The molecule has 2 heterocycles. The Kier molecular flexibility index (Phi) is 4.22. The Labute approximate surface area is 154 Å². The van der Waals surface area contributed by atoms with Gasteiger partial charge in [0.1, 0.15) is 5.92 Å². The fourth-order valence-electron chi connectivity index (χ4n) is 3.11. The van der Waals surface area contributed by atoms with Gasteiger partial charge in [0.15, 0.2) is 0 Å². The number of halogens is 1. The van der Waals surface area contributed by atoms with E-state index in [0.29, 0.717) is 16.7 Å². The summed E-state index contributed by atoms with van der Waals surface area (Å²) < 4.78 is 1.57. The number of hydrogen-bond acceptors (Lipinski definition) is 5. The molecule has 130 valence electrons. The molecular weight excluding hydrogens is 352 g/mol. The highest BCUT2D eigenvalue weighted by atomic mass is 35.5. The van der Waals surface area contributed by atoms with Gasteiger partial charge >= 0.3 is 0 Å². The van der Waals surface area contributed by atoms with Crippen LogP contribution >= 0.6 is 11.6 Å². The van der Waals surface area contributed by atoms with E-state index in [0.717, 1.165) is 11.3 Å². The molecule has 0 radical (unpaired) electrons. The summed E-state index contributed by atoms with van der Waals surface area (Å²) in [5.74, 6) is -0.336. The van der Waals surface area contributed by atoms with Gasteiger partial charge in [-0.25, -0.2) is 9.67 Å². The van der Waals surface area contributed by atoms with Crippen molar-refractivity contribution in [1.82, 2.24) is 20.2 Å². The molecule has 8 heteroatoms. The molecule has 4 rings (SSSR count). The number of anilines is 1. The summed E-state index contributed by atoms with van der Waals surface area (Å²) in [5, 5.41) is 15.3. The van der Waals surface area contributed by atoms with E-state index in [1.807, 2.05) is 49.4 Å². The Bertz CT molecular complexity index is 967. The zero-order chi connectivity index (χ0) is 18.1. The van der Waals surface area contributed by atoms with Crippen LogP contribution in [0, 0.1) is 5.92 Å². The maximum Gasteiger partial charge on any atom is 0.269 e. The summed E-state index contributed by atoms with van der Waals surface area (Å²) in [6.07, 6.45) is 0. The molecule has 1 aliphatic heterocycles. The van der Waals surface area contributed by atoms with Crippen molar-refractivity contribution in [3.8, 4) is 0 Å². The number of fused-ring (bicyclic) bond motifs is 1. The predicted molar refractivity (Wildman–Crippen MR) is 98.7 cm³/mol. The first-order valence-electron chi connectivity index (χ1n) is 8.08. The topological polar surface area (TPSA) is 85.1 Å². The second kappa shape index (κ2) is 6.68. The van der Waals surface area contributed by atoms with Crippen LogP contribution < -0.4 is 5.32 Å². The first kappa shape index (κ1) is 16.4. The maximum atomic E-state index is 13.1. The molecular formula is C18H15ClN6O. The van der Waals surface area contributed by atoms with Crippen LogP contribution in [0.5, 0.6) is 0 Å². The number of carbonyl (C=O) groups is 1. The number of nitrogens with zero attached hydrogens (tertiary/aromatic N) is 5. The number of aromatic nitrogens is 4. The van der Waals surface area contributed by atoms with E-state index in [1.165, 1.54) is 0 Å². The number of para-hydroxylation sites is 1. The van der Waals surface area contributed by atoms with Crippen LogP contribution in [-0.2, 0) is 4.79 Å². The number of hydrogen-bond donors (Lipinski definition) is 1. The lowest BCUT2D eigenvalue weighted by Crippen LogP contribution is -2.39. The Morgan fingerprint density at radius 1 is 1.12 bits per heavy atom. The van der Waals surface area contributed by atoms with Crippen molar-refractivity contribution in [3.63, 3.8) is 0 Å². The lowest BCUT2D eigenvalue weighted by Gasteiger charge is -2.29. The van der Waals surface area contributed by atoms with Gasteiger partial charge in [0.25, 0.3) is 5.95 Å². The smallest absolute Gasteiger partial charge is 0.269 e. The first-order chi connectivity index (χ1) is 12.6. The number of carbonyl (C=O) groups excluding carboxylic acids is 1. The zero-order valence-electron chi connectivity index (χ0n) is 13.9. The Hall–Kier alpha value is -3.06. The van der Waals surface area contributed by atoms with E-state index in [2.05, 4.69) is 25.8 Å².